The Bertz CT molecular complexity index is 470. The Kier molecular flexibility index (Phi) is 7.18. The van der Waals surface area contributed by atoms with Crippen LogP contribution in [0.3, 0.4) is 0 Å². The molecule has 0 saturated carbocycles. The van der Waals surface area contributed by atoms with Gasteiger partial charge in [-0.3, -0.25) is 0 Å². The summed E-state index contributed by atoms with van der Waals surface area (Å²) in [5.74, 6) is 1.57. The molecule has 0 radical (unpaired) electrons. The van der Waals surface area contributed by atoms with E-state index >= 15 is 0 Å². The summed E-state index contributed by atoms with van der Waals surface area (Å²) in [5.41, 5.74) is 1.23. The molecular weight excluding hydrogens is 288 g/mol. The molecule has 130 valence electrons. The first-order valence-corrected chi connectivity index (χ1v) is 8.85. The minimum absolute atomic E-state index is 0.288. The molecule has 2 N–H and O–H groups in total. The largest absolute Gasteiger partial charge is 0.493 e. The van der Waals surface area contributed by atoms with E-state index in [1.807, 2.05) is 6.07 Å². The molecule has 1 aromatic rings. The van der Waals surface area contributed by atoms with E-state index in [1.165, 1.54) is 44.2 Å². The van der Waals surface area contributed by atoms with Crippen LogP contribution < -0.4 is 20.1 Å². The summed E-state index contributed by atoms with van der Waals surface area (Å²) in [6, 6.07) is 7.56. The van der Waals surface area contributed by atoms with Crippen molar-refractivity contribution in [3.05, 3.63) is 23.8 Å². The second kappa shape index (κ2) is 9.14. The molecule has 2 rings (SSSR count). The maximum absolute atomic E-state index is 5.40. The number of benzene rings is 1. The van der Waals surface area contributed by atoms with Crippen LogP contribution >= 0.6 is 0 Å². The number of methoxy groups -OCH3 is 2. The van der Waals surface area contributed by atoms with Gasteiger partial charge in [-0.05, 0) is 57.4 Å². The molecule has 0 amide bonds. The van der Waals surface area contributed by atoms with Crippen LogP contribution in [0.25, 0.3) is 0 Å². The van der Waals surface area contributed by atoms with Crippen molar-refractivity contribution >= 4 is 0 Å². The summed E-state index contributed by atoms with van der Waals surface area (Å²) in [4.78, 5) is 0. The summed E-state index contributed by atoms with van der Waals surface area (Å²) in [7, 11) is 3.35. The lowest BCUT2D eigenvalue weighted by molar-refractivity contribution is 0.352. The third-order valence-corrected chi connectivity index (χ3v) is 4.74. The second-order valence-corrected chi connectivity index (χ2v) is 6.64. The molecule has 1 saturated heterocycles. The average Bonchev–Trinajstić information content (AvgIpc) is 2.82. The van der Waals surface area contributed by atoms with Gasteiger partial charge in [0.25, 0.3) is 0 Å². The SMILES string of the molecule is COc1ccc(C(C)NC(C)CC2CCCCCN2)cc1OC. The third kappa shape index (κ3) is 5.40. The Morgan fingerprint density at radius 2 is 1.91 bits per heavy atom. The van der Waals surface area contributed by atoms with Crippen molar-refractivity contribution in [1.29, 1.82) is 0 Å². The maximum Gasteiger partial charge on any atom is 0.161 e. The highest BCUT2D eigenvalue weighted by Crippen LogP contribution is 2.30. The van der Waals surface area contributed by atoms with Gasteiger partial charge >= 0.3 is 0 Å². The maximum atomic E-state index is 5.40. The molecule has 23 heavy (non-hydrogen) atoms. The molecule has 3 atom stereocenters. The molecular formula is C19H32N2O2. The first-order chi connectivity index (χ1) is 11.1. The van der Waals surface area contributed by atoms with Gasteiger partial charge in [-0.2, -0.15) is 0 Å². The van der Waals surface area contributed by atoms with Gasteiger partial charge in [-0.15, -0.1) is 0 Å². The highest BCUT2D eigenvalue weighted by molar-refractivity contribution is 5.43. The fraction of sp³-hybridized carbons (Fsp3) is 0.684. The number of nitrogens with one attached hydrogen (secondary N) is 2. The predicted molar refractivity (Wildman–Crippen MR) is 95.4 cm³/mol. The number of rotatable bonds is 7. The summed E-state index contributed by atoms with van der Waals surface area (Å²) in [6.45, 7) is 5.66. The fourth-order valence-corrected chi connectivity index (χ4v) is 3.44. The van der Waals surface area contributed by atoms with E-state index in [4.69, 9.17) is 9.47 Å². The van der Waals surface area contributed by atoms with E-state index < -0.39 is 0 Å². The van der Waals surface area contributed by atoms with E-state index in [0.717, 1.165) is 11.5 Å². The van der Waals surface area contributed by atoms with Crippen LogP contribution in [0.2, 0.25) is 0 Å². The molecule has 1 aromatic carbocycles. The fourth-order valence-electron chi connectivity index (χ4n) is 3.44. The number of ether oxygens (including phenoxy) is 2. The van der Waals surface area contributed by atoms with Crippen LogP contribution in [0.15, 0.2) is 18.2 Å². The molecule has 0 aromatic heterocycles. The van der Waals surface area contributed by atoms with Gasteiger partial charge in [0.15, 0.2) is 11.5 Å². The van der Waals surface area contributed by atoms with Gasteiger partial charge in [-0.25, -0.2) is 0 Å². The highest BCUT2D eigenvalue weighted by Gasteiger charge is 2.17. The number of hydrogen-bond donors (Lipinski definition) is 2. The van der Waals surface area contributed by atoms with E-state index in [2.05, 4.69) is 36.6 Å². The normalized spacial score (nSPS) is 21.3. The van der Waals surface area contributed by atoms with Crippen molar-refractivity contribution in [3.63, 3.8) is 0 Å². The predicted octanol–water partition coefficient (Wildman–Crippen LogP) is 3.67. The Labute approximate surface area is 140 Å². The summed E-state index contributed by atoms with van der Waals surface area (Å²) >= 11 is 0. The van der Waals surface area contributed by atoms with Crippen LogP contribution in [-0.2, 0) is 0 Å². The minimum atomic E-state index is 0.288. The second-order valence-electron chi connectivity index (χ2n) is 6.64. The van der Waals surface area contributed by atoms with Crippen molar-refractivity contribution in [2.45, 2.75) is 64.1 Å². The smallest absolute Gasteiger partial charge is 0.161 e. The van der Waals surface area contributed by atoms with Crippen LogP contribution in [0, 0.1) is 0 Å². The van der Waals surface area contributed by atoms with Crippen molar-refractivity contribution in [2.75, 3.05) is 20.8 Å². The lowest BCUT2D eigenvalue weighted by Gasteiger charge is -2.25. The first kappa shape index (κ1) is 18.1. The lowest BCUT2D eigenvalue weighted by Crippen LogP contribution is -2.37. The van der Waals surface area contributed by atoms with Gasteiger partial charge < -0.3 is 20.1 Å². The van der Waals surface area contributed by atoms with E-state index in [9.17, 15) is 0 Å². The molecule has 1 fully saturated rings. The quantitative estimate of drug-likeness (QED) is 0.804. The number of hydrogen-bond acceptors (Lipinski definition) is 4. The molecule has 4 nitrogen and oxygen atoms in total. The van der Waals surface area contributed by atoms with Gasteiger partial charge in [0.05, 0.1) is 14.2 Å². The topological polar surface area (TPSA) is 42.5 Å². The summed E-state index contributed by atoms with van der Waals surface area (Å²) in [6.07, 6.45) is 6.53. The van der Waals surface area contributed by atoms with Crippen molar-refractivity contribution < 1.29 is 9.47 Å². The first-order valence-electron chi connectivity index (χ1n) is 8.85. The molecule has 1 aliphatic heterocycles. The van der Waals surface area contributed by atoms with Crippen LogP contribution in [0.5, 0.6) is 11.5 Å². The molecule has 0 spiro atoms. The van der Waals surface area contributed by atoms with Crippen LogP contribution in [0.1, 0.15) is 57.6 Å². The third-order valence-electron chi connectivity index (χ3n) is 4.74. The highest BCUT2D eigenvalue weighted by atomic mass is 16.5. The van der Waals surface area contributed by atoms with Gasteiger partial charge in [0.2, 0.25) is 0 Å². The standard InChI is InChI=1S/C19H32N2O2/c1-14(12-17-8-6-5-7-11-20-17)21-15(2)16-9-10-18(22-3)19(13-16)23-4/h9-10,13-15,17,20-21H,5-8,11-12H2,1-4H3. The van der Waals surface area contributed by atoms with Crippen molar-refractivity contribution in [1.82, 2.24) is 10.6 Å². The Morgan fingerprint density at radius 1 is 1.13 bits per heavy atom. The van der Waals surface area contributed by atoms with Gasteiger partial charge in [0.1, 0.15) is 0 Å². The minimum Gasteiger partial charge on any atom is -0.493 e. The molecule has 0 aliphatic carbocycles. The summed E-state index contributed by atoms with van der Waals surface area (Å²) < 4.78 is 10.7. The average molecular weight is 320 g/mol. The summed E-state index contributed by atoms with van der Waals surface area (Å²) in [5, 5.41) is 7.40. The molecule has 4 heteroatoms. The Hall–Kier alpha value is -1.26. The molecule has 1 heterocycles. The molecule has 0 bridgehead atoms. The molecule has 1 aliphatic rings. The van der Waals surface area contributed by atoms with Crippen LogP contribution in [0.4, 0.5) is 0 Å². The zero-order valence-electron chi connectivity index (χ0n) is 15.0. The zero-order chi connectivity index (χ0) is 16.7. The Morgan fingerprint density at radius 3 is 2.65 bits per heavy atom. The zero-order valence-corrected chi connectivity index (χ0v) is 15.0. The van der Waals surface area contributed by atoms with E-state index in [0.29, 0.717) is 12.1 Å². The van der Waals surface area contributed by atoms with E-state index in [1.54, 1.807) is 14.2 Å². The van der Waals surface area contributed by atoms with E-state index in [-0.39, 0.29) is 6.04 Å². The van der Waals surface area contributed by atoms with Crippen molar-refractivity contribution in [2.24, 2.45) is 0 Å². The van der Waals surface area contributed by atoms with Gasteiger partial charge in [0, 0.05) is 18.1 Å². The monoisotopic (exact) mass is 320 g/mol. The molecule has 3 unspecified atom stereocenters. The van der Waals surface area contributed by atoms with Crippen molar-refractivity contribution in [3.8, 4) is 11.5 Å². The Balaban J connectivity index is 1.91. The van der Waals surface area contributed by atoms with Gasteiger partial charge in [-0.1, -0.05) is 18.9 Å². The van der Waals surface area contributed by atoms with Crippen LogP contribution in [-0.4, -0.2) is 32.8 Å². The lowest BCUT2D eigenvalue weighted by atomic mass is 10.0.